The van der Waals surface area contributed by atoms with Gasteiger partial charge in [0.05, 0.1) is 11.5 Å². The van der Waals surface area contributed by atoms with Crippen molar-refractivity contribution in [2.45, 2.75) is 13.8 Å². The monoisotopic (exact) mass is 518 g/mol. The summed E-state index contributed by atoms with van der Waals surface area (Å²) in [6.07, 6.45) is 0. The first-order valence-electron chi connectivity index (χ1n) is 9.52. The number of nitro benzene ring substituents is 1. The van der Waals surface area contributed by atoms with Gasteiger partial charge in [-0.3, -0.25) is 14.9 Å². The van der Waals surface area contributed by atoms with E-state index in [9.17, 15) is 19.7 Å². The average Bonchev–Trinajstić information content (AvgIpc) is 3.17. The maximum absolute atomic E-state index is 12.6. The minimum atomic E-state index is -0.533. The number of thiophene rings is 1. The first-order valence-corrected chi connectivity index (χ1v) is 11.2. The third kappa shape index (κ3) is 5.51. The van der Waals surface area contributed by atoms with Crippen LogP contribution in [0.3, 0.4) is 0 Å². The van der Waals surface area contributed by atoms with Gasteiger partial charge < -0.3 is 14.8 Å². The lowest BCUT2D eigenvalue weighted by Crippen LogP contribution is -2.21. The molecule has 0 saturated carbocycles. The highest BCUT2D eigenvalue weighted by Crippen LogP contribution is 2.36. The van der Waals surface area contributed by atoms with Gasteiger partial charge in [0.25, 0.3) is 11.6 Å². The third-order valence-corrected chi connectivity index (χ3v) is 5.83. The molecule has 0 fully saturated rings. The van der Waals surface area contributed by atoms with E-state index in [-0.39, 0.29) is 24.5 Å². The first-order chi connectivity index (χ1) is 15.3. The van der Waals surface area contributed by atoms with E-state index in [0.717, 1.165) is 10.0 Å². The fourth-order valence-electron chi connectivity index (χ4n) is 2.91. The molecule has 0 aliphatic heterocycles. The number of non-ortho nitro benzene ring substituents is 1. The van der Waals surface area contributed by atoms with E-state index in [0.29, 0.717) is 21.9 Å². The zero-order valence-electron chi connectivity index (χ0n) is 17.2. The number of hydrogen-bond acceptors (Lipinski definition) is 7. The Morgan fingerprint density at radius 2 is 1.91 bits per heavy atom. The van der Waals surface area contributed by atoms with Gasteiger partial charge >= 0.3 is 5.97 Å². The molecule has 0 unspecified atom stereocenters. The van der Waals surface area contributed by atoms with Gasteiger partial charge in [0.2, 0.25) is 0 Å². The number of hydrogen-bond donors (Lipinski definition) is 1. The quantitative estimate of drug-likeness (QED) is 0.236. The number of nitro groups is 1. The average molecular weight is 519 g/mol. The molecule has 1 heterocycles. The molecule has 1 N–H and O–H groups in total. The van der Waals surface area contributed by atoms with E-state index in [1.807, 2.05) is 24.3 Å². The molecule has 0 aliphatic carbocycles. The number of esters is 1. The van der Waals surface area contributed by atoms with Crippen LogP contribution in [0.1, 0.15) is 22.8 Å². The van der Waals surface area contributed by atoms with Crippen LogP contribution in [0, 0.1) is 17.0 Å². The van der Waals surface area contributed by atoms with E-state index in [1.165, 1.54) is 29.5 Å². The topological polar surface area (TPSA) is 108 Å². The number of carbonyl (C=O) groups excluding carboxylic acids is 2. The molecule has 0 aliphatic rings. The van der Waals surface area contributed by atoms with Crippen LogP contribution < -0.4 is 10.1 Å². The molecule has 8 nitrogen and oxygen atoms in total. The molecule has 32 heavy (non-hydrogen) atoms. The Bertz CT molecular complexity index is 1160. The summed E-state index contributed by atoms with van der Waals surface area (Å²) < 4.78 is 11.6. The predicted molar refractivity (Wildman–Crippen MR) is 125 cm³/mol. The molecule has 0 atom stereocenters. The normalized spacial score (nSPS) is 10.5. The van der Waals surface area contributed by atoms with Crippen LogP contribution in [0.4, 0.5) is 10.7 Å². The van der Waals surface area contributed by atoms with E-state index in [1.54, 1.807) is 19.2 Å². The Hall–Kier alpha value is -3.24. The van der Waals surface area contributed by atoms with Crippen molar-refractivity contribution in [2.75, 3.05) is 18.5 Å². The number of amides is 1. The molecule has 0 spiro atoms. The van der Waals surface area contributed by atoms with Crippen molar-refractivity contribution in [1.82, 2.24) is 0 Å². The van der Waals surface area contributed by atoms with Gasteiger partial charge in [0.1, 0.15) is 16.3 Å². The minimum Gasteiger partial charge on any atom is -0.483 e. The molecular formula is C22H19BrN2O6S. The number of aryl methyl sites for hydroxylation is 1. The second kappa shape index (κ2) is 10.4. The van der Waals surface area contributed by atoms with Gasteiger partial charge in [-0.1, -0.05) is 28.1 Å². The number of nitrogens with one attached hydrogen (secondary N) is 1. The first kappa shape index (κ1) is 23.4. The van der Waals surface area contributed by atoms with Crippen molar-refractivity contribution < 1.29 is 24.0 Å². The van der Waals surface area contributed by atoms with Crippen LogP contribution >= 0.6 is 27.3 Å². The second-order valence-corrected chi connectivity index (χ2v) is 8.42. The lowest BCUT2D eigenvalue weighted by Gasteiger charge is -2.11. The highest BCUT2D eigenvalue weighted by atomic mass is 79.9. The smallest absolute Gasteiger partial charge is 0.341 e. The van der Waals surface area contributed by atoms with Gasteiger partial charge in [0, 0.05) is 27.5 Å². The Labute approximate surface area is 196 Å². The number of ether oxygens (including phenoxy) is 2. The Kier molecular flexibility index (Phi) is 7.60. The summed E-state index contributed by atoms with van der Waals surface area (Å²) in [6, 6.07) is 11.6. The number of anilines is 1. The summed E-state index contributed by atoms with van der Waals surface area (Å²) in [6.45, 7) is 3.24. The summed E-state index contributed by atoms with van der Waals surface area (Å²) >= 11 is 4.60. The van der Waals surface area contributed by atoms with Crippen molar-refractivity contribution >= 4 is 49.8 Å². The minimum absolute atomic E-state index is 0.0579. The van der Waals surface area contributed by atoms with Gasteiger partial charge in [-0.05, 0) is 43.2 Å². The van der Waals surface area contributed by atoms with Crippen LogP contribution in [0.2, 0.25) is 0 Å². The van der Waals surface area contributed by atoms with Crippen molar-refractivity contribution in [1.29, 1.82) is 0 Å². The molecule has 166 valence electrons. The van der Waals surface area contributed by atoms with Gasteiger partial charge in [-0.15, -0.1) is 11.3 Å². The van der Waals surface area contributed by atoms with Crippen LogP contribution in [-0.4, -0.2) is 30.0 Å². The van der Waals surface area contributed by atoms with Crippen molar-refractivity contribution in [3.8, 4) is 16.9 Å². The highest BCUT2D eigenvalue weighted by molar-refractivity contribution is 9.10. The van der Waals surface area contributed by atoms with Crippen LogP contribution in [0.5, 0.6) is 5.75 Å². The fraction of sp³-hybridized carbons (Fsp3) is 0.182. The molecule has 3 aromatic rings. The summed E-state index contributed by atoms with van der Waals surface area (Å²) in [5.41, 5.74) is 2.22. The molecule has 1 aromatic heterocycles. The lowest BCUT2D eigenvalue weighted by atomic mass is 10.0. The number of carbonyl (C=O) groups is 2. The number of benzene rings is 2. The van der Waals surface area contributed by atoms with Crippen LogP contribution in [0.15, 0.2) is 52.3 Å². The molecule has 2 aromatic carbocycles. The predicted octanol–water partition coefficient (Wildman–Crippen LogP) is 5.59. The third-order valence-electron chi connectivity index (χ3n) is 4.41. The maximum atomic E-state index is 12.6. The Morgan fingerprint density at radius 3 is 2.53 bits per heavy atom. The van der Waals surface area contributed by atoms with E-state index in [2.05, 4.69) is 21.2 Å². The lowest BCUT2D eigenvalue weighted by molar-refractivity contribution is -0.384. The van der Waals surface area contributed by atoms with Gasteiger partial charge in [0.15, 0.2) is 6.61 Å². The van der Waals surface area contributed by atoms with E-state index < -0.39 is 16.8 Å². The molecule has 3 rings (SSSR count). The number of nitrogens with zero attached hydrogens (tertiary/aromatic N) is 1. The van der Waals surface area contributed by atoms with Crippen LogP contribution in [0.25, 0.3) is 11.1 Å². The SMILES string of the molecule is CCOC(=O)c1c(-c2ccc(Br)cc2)csc1NC(=O)COc1ccc([N+](=O)[O-])cc1C. The van der Waals surface area contributed by atoms with Gasteiger partial charge in [-0.2, -0.15) is 0 Å². The molecule has 1 amide bonds. The zero-order chi connectivity index (χ0) is 23.3. The number of rotatable bonds is 8. The largest absolute Gasteiger partial charge is 0.483 e. The highest BCUT2D eigenvalue weighted by Gasteiger charge is 2.23. The van der Waals surface area contributed by atoms with Crippen LogP contribution in [-0.2, 0) is 9.53 Å². The number of halogens is 1. The second-order valence-electron chi connectivity index (χ2n) is 6.62. The van der Waals surface area contributed by atoms with Gasteiger partial charge in [-0.25, -0.2) is 4.79 Å². The molecule has 10 heteroatoms. The van der Waals surface area contributed by atoms with Crippen molar-refractivity contribution in [3.05, 3.63) is 73.6 Å². The molecule has 0 saturated heterocycles. The summed E-state index contributed by atoms with van der Waals surface area (Å²) in [4.78, 5) is 35.5. The van der Waals surface area contributed by atoms with Crippen molar-refractivity contribution in [2.24, 2.45) is 0 Å². The molecular weight excluding hydrogens is 500 g/mol. The molecule has 0 radical (unpaired) electrons. The zero-order valence-corrected chi connectivity index (χ0v) is 19.6. The fourth-order valence-corrected chi connectivity index (χ4v) is 4.15. The van der Waals surface area contributed by atoms with E-state index in [4.69, 9.17) is 9.47 Å². The summed E-state index contributed by atoms with van der Waals surface area (Å²) in [7, 11) is 0. The maximum Gasteiger partial charge on any atom is 0.341 e. The molecule has 0 bridgehead atoms. The van der Waals surface area contributed by atoms with Crippen molar-refractivity contribution in [3.63, 3.8) is 0 Å². The Balaban J connectivity index is 1.77. The standard InChI is InChI=1S/C22H19BrN2O6S/c1-3-30-22(27)20-17(14-4-6-15(23)7-5-14)12-32-21(20)24-19(26)11-31-18-9-8-16(25(28)29)10-13(18)2/h4-10,12H,3,11H2,1-2H3,(H,24,26). The summed E-state index contributed by atoms with van der Waals surface area (Å²) in [5.74, 6) is -0.648. The summed E-state index contributed by atoms with van der Waals surface area (Å²) in [5, 5.41) is 15.7. The Morgan fingerprint density at radius 1 is 1.19 bits per heavy atom. The van der Waals surface area contributed by atoms with E-state index >= 15 is 0 Å².